The second-order valence-electron chi connectivity index (χ2n) is 4.39. The Kier molecular flexibility index (Phi) is 6.42. The number of unbranched alkanes of at least 4 members (excludes halogenated alkanes) is 1. The van der Waals surface area contributed by atoms with Crippen LogP contribution < -0.4 is 5.32 Å². The van der Waals surface area contributed by atoms with Gasteiger partial charge in [-0.25, -0.2) is 0 Å². The van der Waals surface area contributed by atoms with E-state index in [0.29, 0.717) is 18.4 Å². The van der Waals surface area contributed by atoms with Crippen molar-refractivity contribution in [3.8, 4) is 0 Å². The number of nitrogens with one attached hydrogen (secondary N) is 1. The SMILES string of the molecule is CNCC1CCCN1C(=O)CCCCOC. The van der Waals surface area contributed by atoms with Crippen molar-refractivity contribution in [2.45, 2.75) is 38.1 Å². The van der Waals surface area contributed by atoms with Crippen LogP contribution in [0.5, 0.6) is 0 Å². The molecule has 0 spiro atoms. The normalized spacial score (nSPS) is 20.4. The lowest BCUT2D eigenvalue weighted by Crippen LogP contribution is -2.40. The maximum Gasteiger partial charge on any atom is 0.222 e. The van der Waals surface area contributed by atoms with E-state index < -0.39 is 0 Å². The van der Waals surface area contributed by atoms with Crippen LogP contribution in [0.25, 0.3) is 0 Å². The molecule has 1 atom stereocenters. The predicted octanol–water partition coefficient (Wildman–Crippen LogP) is 1.01. The molecule has 0 saturated carbocycles. The molecule has 0 aromatic carbocycles. The Balaban J connectivity index is 2.23. The van der Waals surface area contributed by atoms with Crippen LogP contribution in [0.4, 0.5) is 0 Å². The Labute approximate surface area is 98.3 Å². The zero-order valence-corrected chi connectivity index (χ0v) is 10.5. The third-order valence-electron chi connectivity index (χ3n) is 3.13. The maximum atomic E-state index is 12.0. The van der Waals surface area contributed by atoms with Gasteiger partial charge in [-0.15, -0.1) is 0 Å². The molecule has 0 radical (unpaired) electrons. The van der Waals surface area contributed by atoms with Crippen molar-refractivity contribution in [3.05, 3.63) is 0 Å². The van der Waals surface area contributed by atoms with Gasteiger partial charge in [-0.2, -0.15) is 0 Å². The molecular weight excluding hydrogens is 204 g/mol. The number of likely N-dealkylation sites (N-methyl/N-ethyl adjacent to an activating group) is 1. The minimum absolute atomic E-state index is 0.314. The molecule has 1 rings (SSSR count). The highest BCUT2D eigenvalue weighted by molar-refractivity contribution is 5.76. The summed E-state index contributed by atoms with van der Waals surface area (Å²) in [6, 6.07) is 0.417. The van der Waals surface area contributed by atoms with Gasteiger partial charge in [0.2, 0.25) is 5.91 Å². The number of hydrogen-bond acceptors (Lipinski definition) is 3. The van der Waals surface area contributed by atoms with Gasteiger partial charge in [0.05, 0.1) is 0 Å². The molecule has 0 aromatic rings. The van der Waals surface area contributed by atoms with Crippen LogP contribution in [-0.2, 0) is 9.53 Å². The third kappa shape index (κ3) is 4.10. The summed E-state index contributed by atoms with van der Waals surface area (Å²) in [5.41, 5.74) is 0. The summed E-state index contributed by atoms with van der Waals surface area (Å²) in [4.78, 5) is 14.0. The number of carbonyl (C=O) groups excluding carboxylic acids is 1. The number of amides is 1. The van der Waals surface area contributed by atoms with Crippen LogP contribution in [0.3, 0.4) is 0 Å². The highest BCUT2D eigenvalue weighted by Gasteiger charge is 2.27. The molecule has 1 N–H and O–H groups in total. The average molecular weight is 228 g/mol. The summed E-state index contributed by atoms with van der Waals surface area (Å²) in [6.45, 7) is 2.62. The summed E-state index contributed by atoms with van der Waals surface area (Å²) in [5.74, 6) is 0.314. The van der Waals surface area contributed by atoms with E-state index in [1.165, 1.54) is 0 Å². The van der Waals surface area contributed by atoms with Gasteiger partial charge in [-0.05, 0) is 32.7 Å². The van der Waals surface area contributed by atoms with E-state index in [0.717, 1.165) is 45.4 Å². The zero-order chi connectivity index (χ0) is 11.8. The minimum atomic E-state index is 0.314. The second kappa shape index (κ2) is 7.63. The van der Waals surface area contributed by atoms with Gasteiger partial charge in [0.25, 0.3) is 0 Å². The standard InChI is InChI=1S/C12H24N2O2/c1-13-10-11-6-5-8-14(11)12(15)7-3-4-9-16-2/h11,13H,3-10H2,1-2H3. The first-order chi connectivity index (χ1) is 7.79. The minimum Gasteiger partial charge on any atom is -0.385 e. The fourth-order valence-electron chi connectivity index (χ4n) is 2.28. The lowest BCUT2D eigenvalue weighted by atomic mass is 10.2. The van der Waals surface area contributed by atoms with E-state index in [1.807, 2.05) is 11.9 Å². The molecule has 0 aromatic heterocycles. The van der Waals surface area contributed by atoms with Crippen LogP contribution in [0.1, 0.15) is 32.1 Å². The molecule has 0 bridgehead atoms. The lowest BCUT2D eigenvalue weighted by molar-refractivity contribution is -0.132. The maximum absolute atomic E-state index is 12.0. The second-order valence-corrected chi connectivity index (χ2v) is 4.39. The lowest BCUT2D eigenvalue weighted by Gasteiger charge is -2.24. The molecular formula is C12H24N2O2. The van der Waals surface area contributed by atoms with Gasteiger partial charge in [0.1, 0.15) is 0 Å². The Morgan fingerprint density at radius 1 is 1.50 bits per heavy atom. The van der Waals surface area contributed by atoms with E-state index in [2.05, 4.69) is 5.32 Å². The van der Waals surface area contributed by atoms with Gasteiger partial charge >= 0.3 is 0 Å². The van der Waals surface area contributed by atoms with Crippen LogP contribution in [0.15, 0.2) is 0 Å². The van der Waals surface area contributed by atoms with E-state index in [4.69, 9.17) is 4.74 Å². The Bertz CT molecular complexity index is 209. The summed E-state index contributed by atoms with van der Waals surface area (Å²) in [7, 11) is 3.64. The fraction of sp³-hybridized carbons (Fsp3) is 0.917. The first-order valence-electron chi connectivity index (χ1n) is 6.22. The molecule has 94 valence electrons. The highest BCUT2D eigenvalue weighted by atomic mass is 16.5. The first-order valence-corrected chi connectivity index (χ1v) is 6.22. The summed E-state index contributed by atoms with van der Waals surface area (Å²) in [5, 5.41) is 3.16. The molecule has 1 saturated heterocycles. The van der Waals surface area contributed by atoms with Crippen molar-refractivity contribution in [3.63, 3.8) is 0 Å². The van der Waals surface area contributed by atoms with Gasteiger partial charge in [-0.3, -0.25) is 4.79 Å². The Morgan fingerprint density at radius 3 is 3.00 bits per heavy atom. The van der Waals surface area contributed by atoms with Crippen molar-refractivity contribution < 1.29 is 9.53 Å². The molecule has 1 amide bonds. The van der Waals surface area contributed by atoms with E-state index in [9.17, 15) is 4.79 Å². The van der Waals surface area contributed by atoms with Crippen LogP contribution in [0, 0.1) is 0 Å². The van der Waals surface area contributed by atoms with Gasteiger partial charge in [0, 0.05) is 39.3 Å². The van der Waals surface area contributed by atoms with E-state index in [-0.39, 0.29) is 0 Å². The van der Waals surface area contributed by atoms with E-state index >= 15 is 0 Å². The molecule has 16 heavy (non-hydrogen) atoms. The molecule has 1 aliphatic heterocycles. The number of ether oxygens (including phenoxy) is 1. The molecule has 1 unspecified atom stereocenters. The van der Waals surface area contributed by atoms with E-state index in [1.54, 1.807) is 7.11 Å². The number of hydrogen-bond donors (Lipinski definition) is 1. The number of methoxy groups -OCH3 is 1. The Morgan fingerprint density at radius 2 is 2.31 bits per heavy atom. The van der Waals surface area contributed by atoms with Gasteiger partial charge in [-0.1, -0.05) is 0 Å². The van der Waals surface area contributed by atoms with Gasteiger partial charge < -0.3 is 15.0 Å². The van der Waals surface area contributed by atoms with Crippen LogP contribution >= 0.6 is 0 Å². The number of nitrogens with zero attached hydrogens (tertiary/aromatic N) is 1. The topological polar surface area (TPSA) is 41.6 Å². The van der Waals surface area contributed by atoms with Crippen molar-refractivity contribution in [2.75, 3.05) is 33.9 Å². The van der Waals surface area contributed by atoms with Crippen molar-refractivity contribution >= 4 is 5.91 Å². The highest BCUT2D eigenvalue weighted by Crippen LogP contribution is 2.18. The smallest absolute Gasteiger partial charge is 0.222 e. The largest absolute Gasteiger partial charge is 0.385 e. The molecule has 4 heteroatoms. The summed E-state index contributed by atoms with van der Waals surface area (Å²) >= 11 is 0. The summed E-state index contributed by atoms with van der Waals surface area (Å²) < 4.78 is 4.97. The predicted molar refractivity (Wildman–Crippen MR) is 64.4 cm³/mol. The first kappa shape index (κ1) is 13.5. The fourth-order valence-corrected chi connectivity index (χ4v) is 2.28. The van der Waals surface area contributed by atoms with Crippen molar-refractivity contribution in [2.24, 2.45) is 0 Å². The Hall–Kier alpha value is -0.610. The monoisotopic (exact) mass is 228 g/mol. The molecule has 4 nitrogen and oxygen atoms in total. The van der Waals surface area contributed by atoms with Gasteiger partial charge in [0.15, 0.2) is 0 Å². The molecule has 0 aliphatic carbocycles. The van der Waals surface area contributed by atoms with Crippen LogP contribution in [-0.4, -0.2) is 50.7 Å². The van der Waals surface area contributed by atoms with Crippen molar-refractivity contribution in [1.82, 2.24) is 10.2 Å². The number of rotatable bonds is 7. The van der Waals surface area contributed by atoms with Crippen molar-refractivity contribution in [1.29, 1.82) is 0 Å². The quantitative estimate of drug-likeness (QED) is 0.661. The molecule has 1 aliphatic rings. The average Bonchev–Trinajstić information content (AvgIpc) is 2.73. The van der Waals surface area contributed by atoms with Crippen LogP contribution in [0.2, 0.25) is 0 Å². The molecule has 1 heterocycles. The molecule has 1 fully saturated rings. The summed E-state index contributed by atoms with van der Waals surface area (Å²) in [6.07, 6.45) is 4.88. The number of carbonyl (C=O) groups is 1. The number of likely N-dealkylation sites (tertiary alicyclic amines) is 1. The zero-order valence-electron chi connectivity index (χ0n) is 10.5. The third-order valence-corrected chi connectivity index (χ3v) is 3.13.